The molecule has 0 aromatic heterocycles. The van der Waals surface area contributed by atoms with Crippen LogP contribution in [-0.2, 0) is 0 Å². The third kappa shape index (κ3) is 2.90. The fraction of sp³-hybridized carbons (Fsp3) is 0.200. The van der Waals surface area contributed by atoms with Crippen LogP contribution in [0.3, 0.4) is 0 Å². The molecule has 1 aromatic carbocycles. The second kappa shape index (κ2) is 5.01. The Kier molecular flexibility index (Phi) is 3.67. The van der Waals surface area contributed by atoms with E-state index < -0.39 is 6.03 Å². The third-order valence-electron chi connectivity index (χ3n) is 1.70. The second-order valence-electron chi connectivity index (χ2n) is 2.71. The fourth-order valence-corrected chi connectivity index (χ4v) is 0.970. The van der Waals surface area contributed by atoms with Crippen molar-refractivity contribution in [1.29, 1.82) is 0 Å². The molecule has 74 valence electrons. The zero-order valence-corrected chi connectivity index (χ0v) is 8.05. The number of carbonyl (C=O) groups is 1. The van der Waals surface area contributed by atoms with Crippen molar-refractivity contribution in [2.45, 2.75) is 6.92 Å². The Labute approximate surface area is 83.0 Å². The first-order valence-electron chi connectivity index (χ1n) is 4.40. The van der Waals surface area contributed by atoms with Gasteiger partial charge in [0.1, 0.15) is 0 Å². The van der Waals surface area contributed by atoms with E-state index in [-0.39, 0.29) is 0 Å². The van der Waals surface area contributed by atoms with Crippen LogP contribution in [0.5, 0.6) is 0 Å². The summed E-state index contributed by atoms with van der Waals surface area (Å²) in [6.45, 7) is 2.28. The van der Waals surface area contributed by atoms with Crippen LogP contribution >= 0.6 is 0 Å². The summed E-state index contributed by atoms with van der Waals surface area (Å²) >= 11 is 0. The predicted octanol–water partition coefficient (Wildman–Crippen LogP) is 1.42. The number of hydrogen-bond donors (Lipinski definition) is 1. The fourth-order valence-electron chi connectivity index (χ4n) is 0.970. The molecule has 1 aromatic rings. The molecule has 0 unspecified atom stereocenters. The van der Waals surface area contributed by atoms with E-state index in [0.717, 1.165) is 5.56 Å². The summed E-state index contributed by atoms with van der Waals surface area (Å²) in [7, 11) is 0. The molecule has 0 aliphatic rings. The molecule has 0 bridgehead atoms. The molecule has 0 fully saturated rings. The molecular weight excluding hydrogens is 178 g/mol. The molecule has 1 rings (SSSR count). The highest BCUT2D eigenvalue weighted by atomic mass is 16.2. The van der Waals surface area contributed by atoms with Gasteiger partial charge in [0.2, 0.25) is 0 Å². The van der Waals surface area contributed by atoms with Crippen molar-refractivity contribution in [2.75, 3.05) is 6.54 Å². The normalized spacial score (nSPS) is 10.4. The van der Waals surface area contributed by atoms with E-state index in [4.69, 9.17) is 5.73 Å². The molecule has 4 nitrogen and oxygen atoms in total. The highest BCUT2D eigenvalue weighted by molar-refractivity contribution is 5.81. The van der Waals surface area contributed by atoms with E-state index in [1.165, 1.54) is 5.01 Å². The van der Waals surface area contributed by atoms with Crippen molar-refractivity contribution in [3.8, 4) is 0 Å². The summed E-state index contributed by atoms with van der Waals surface area (Å²) in [6.07, 6.45) is 1.61. The minimum atomic E-state index is -0.542. The number of hydrazone groups is 1. The maximum Gasteiger partial charge on any atom is 0.335 e. The average Bonchev–Trinajstić information content (AvgIpc) is 2.20. The lowest BCUT2D eigenvalue weighted by atomic mass is 10.2. The number of rotatable bonds is 3. The lowest BCUT2D eigenvalue weighted by Gasteiger charge is -2.10. The molecule has 0 spiro atoms. The van der Waals surface area contributed by atoms with Crippen LogP contribution in [0.15, 0.2) is 35.4 Å². The van der Waals surface area contributed by atoms with Crippen molar-refractivity contribution < 1.29 is 4.79 Å². The van der Waals surface area contributed by atoms with Crippen LogP contribution in [0.4, 0.5) is 4.79 Å². The predicted molar refractivity (Wildman–Crippen MR) is 56.0 cm³/mol. The molecule has 2 amide bonds. The van der Waals surface area contributed by atoms with E-state index >= 15 is 0 Å². The Balaban J connectivity index is 2.67. The van der Waals surface area contributed by atoms with Crippen molar-refractivity contribution in [3.63, 3.8) is 0 Å². The van der Waals surface area contributed by atoms with Gasteiger partial charge in [0.25, 0.3) is 0 Å². The zero-order valence-electron chi connectivity index (χ0n) is 8.05. The number of amides is 2. The minimum Gasteiger partial charge on any atom is -0.350 e. The molecule has 0 aliphatic heterocycles. The molecule has 0 radical (unpaired) electrons. The van der Waals surface area contributed by atoms with Gasteiger partial charge in [-0.15, -0.1) is 0 Å². The molecule has 14 heavy (non-hydrogen) atoms. The summed E-state index contributed by atoms with van der Waals surface area (Å²) < 4.78 is 0. The Morgan fingerprint density at radius 2 is 2.14 bits per heavy atom. The highest BCUT2D eigenvalue weighted by Gasteiger charge is 2.02. The highest BCUT2D eigenvalue weighted by Crippen LogP contribution is 1.95. The maximum atomic E-state index is 10.8. The number of hydrogen-bond acceptors (Lipinski definition) is 2. The molecular formula is C10H13N3O. The summed E-state index contributed by atoms with van der Waals surface area (Å²) in [5.41, 5.74) is 6.02. The van der Waals surface area contributed by atoms with Gasteiger partial charge in [0.05, 0.1) is 6.21 Å². The number of nitrogens with two attached hydrogens (primary N) is 1. The number of benzene rings is 1. The number of nitrogens with zero attached hydrogens (tertiary/aromatic N) is 2. The first kappa shape index (κ1) is 10.2. The lowest BCUT2D eigenvalue weighted by molar-refractivity contribution is 0.213. The topological polar surface area (TPSA) is 58.7 Å². The van der Waals surface area contributed by atoms with Gasteiger partial charge in [0, 0.05) is 6.54 Å². The van der Waals surface area contributed by atoms with Crippen molar-refractivity contribution in [2.24, 2.45) is 10.8 Å². The van der Waals surface area contributed by atoms with Gasteiger partial charge in [-0.3, -0.25) is 0 Å². The van der Waals surface area contributed by atoms with Crippen LogP contribution in [0.2, 0.25) is 0 Å². The standard InChI is InChI=1S/C10H13N3O/c1-2-13(10(11)14)12-8-9-6-4-3-5-7-9/h3-8H,2H2,1H3,(H2,11,14). The molecule has 0 saturated heterocycles. The number of carbonyl (C=O) groups excluding carboxylic acids is 1. The summed E-state index contributed by atoms with van der Waals surface area (Å²) in [5, 5.41) is 5.15. The average molecular weight is 191 g/mol. The number of primary amides is 1. The molecule has 2 N–H and O–H groups in total. The molecule has 0 atom stereocenters. The van der Waals surface area contributed by atoms with Crippen LogP contribution in [0, 0.1) is 0 Å². The van der Waals surface area contributed by atoms with Gasteiger partial charge in [-0.25, -0.2) is 9.80 Å². The van der Waals surface area contributed by atoms with Crippen molar-refractivity contribution >= 4 is 12.2 Å². The van der Waals surface area contributed by atoms with Gasteiger partial charge >= 0.3 is 6.03 Å². The first-order chi connectivity index (χ1) is 6.74. The van der Waals surface area contributed by atoms with Gasteiger partial charge in [-0.1, -0.05) is 30.3 Å². The largest absolute Gasteiger partial charge is 0.350 e. The second-order valence-corrected chi connectivity index (χ2v) is 2.71. The van der Waals surface area contributed by atoms with Gasteiger partial charge in [-0.2, -0.15) is 5.10 Å². The van der Waals surface area contributed by atoms with Crippen molar-refractivity contribution in [1.82, 2.24) is 5.01 Å². The summed E-state index contributed by atoms with van der Waals surface area (Å²) in [5.74, 6) is 0. The van der Waals surface area contributed by atoms with Gasteiger partial charge in [0.15, 0.2) is 0 Å². The van der Waals surface area contributed by atoms with E-state index in [0.29, 0.717) is 6.54 Å². The van der Waals surface area contributed by atoms with Gasteiger partial charge < -0.3 is 5.73 Å². The smallest absolute Gasteiger partial charge is 0.335 e. The van der Waals surface area contributed by atoms with Crippen LogP contribution in [-0.4, -0.2) is 23.8 Å². The maximum absolute atomic E-state index is 10.8. The summed E-state index contributed by atoms with van der Waals surface area (Å²) in [4.78, 5) is 10.8. The quantitative estimate of drug-likeness (QED) is 0.570. The van der Waals surface area contributed by atoms with E-state index in [1.54, 1.807) is 6.21 Å². The zero-order chi connectivity index (χ0) is 10.4. The van der Waals surface area contributed by atoms with E-state index in [2.05, 4.69) is 5.10 Å². The first-order valence-corrected chi connectivity index (χ1v) is 4.40. The molecule has 0 saturated carbocycles. The van der Waals surface area contributed by atoms with Gasteiger partial charge in [-0.05, 0) is 12.5 Å². The number of urea groups is 1. The third-order valence-corrected chi connectivity index (χ3v) is 1.70. The van der Waals surface area contributed by atoms with Crippen LogP contribution in [0.1, 0.15) is 12.5 Å². The lowest BCUT2D eigenvalue weighted by Crippen LogP contribution is -2.31. The SMILES string of the molecule is CCN(N=Cc1ccccc1)C(N)=O. The molecule has 0 heterocycles. The molecule has 4 heteroatoms. The van der Waals surface area contributed by atoms with Crippen LogP contribution < -0.4 is 5.73 Å². The van der Waals surface area contributed by atoms with E-state index in [1.807, 2.05) is 37.3 Å². The Bertz CT molecular complexity index is 321. The molecule has 0 aliphatic carbocycles. The Hall–Kier alpha value is -1.84. The van der Waals surface area contributed by atoms with Crippen molar-refractivity contribution in [3.05, 3.63) is 35.9 Å². The van der Waals surface area contributed by atoms with E-state index in [9.17, 15) is 4.79 Å². The summed E-state index contributed by atoms with van der Waals surface area (Å²) in [6, 6.07) is 8.99. The minimum absolute atomic E-state index is 0.471. The van der Waals surface area contributed by atoms with Crippen LogP contribution in [0.25, 0.3) is 0 Å². The monoisotopic (exact) mass is 191 g/mol. The Morgan fingerprint density at radius 3 is 2.64 bits per heavy atom. The Morgan fingerprint density at radius 1 is 1.50 bits per heavy atom.